The lowest BCUT2D eigenvalue weighted by Gasteiger charge is -2.12. The predicted molar refractivity (Wildman–Crippen MR) is 102 cm³/mol. The number of carbonyl (C=O) groups is 2. The number of amides is 1. The van der Waals surface area contributed by atoms with Crippen molar-refractivity contribution >= 4 is 28.5 Å². The maximum Gasteiger partial charge on any atom is 0.328 e. The lowest BCUT2D eigenvalue weighted by molar-refractivity contribution is -0.144. The lowest BCUT2D eigenvalue weighted by Crippen LogP contribution is -2.40. The smallest absolute Gasteiger partial charge is 0.328 e. The number of nitrogens with zero attached hydrogens (tertiary/aromatic N) is 4. The number of nitrogens with one attached hydrogen (secondary N) is 1. The quantitative estimate of drug-likeness (QED) is 0.660. The van der Waals surface area contributed by atoms with Crippen LogP contribution in [-0.2, 0) is 27.3 Å². The summed E-state index contributed by atoms with van der Waals surface area (Å²) < 4.78 is 19.9. The fourth-order valence-electron chi connectivity index (χ4n) is 3.29. The molecule has 1 N–H and O–H groups in total. The number of halogens is 1. The van der Waals surface area contributed by atoms with Crippen LogP contribution >= 0.6 is 0 Å². The number of hydrogen-bond acceptors (Lipinski definition) is 6. The van der Waals surface area contributed by atoms with E-state index in [0.717, 1.165) is 11.1 Å². The van der Waals surface area contributed by atoms with Crippen LogP contribution in [0.1, 0.15) is 24.0 Å². The van der Waals surface area contributed by atoms with E-state index < -0.39 is 17.8 Å². The molecule has 3 aromatic rings. The number of methoxy groups -OCH3 is 1. The molecule has 8 nitrogen and oxygen atoms in total. The minimum Gasteiger partial charge on any atom is -0.467 e. The first-order valence-corrected chi connectivity index (χ1v) is 9.00. The summed E-state index contributed by atoms with van der Waals surface area (Å²) in [6.07, 6.45) is 7.08. The van der Waals surface area contributed by atoms with E-state index in [0.29, 0.717) is 29.0 Å². The van der Waals surface area contributed by atoms with Gasteiger partial charge in [-0.2, -0.15) is 0 Å². The molecule has 0 bridgehead atoms. The van der Waals surface area contributed by atoms with Gasteiger partial charge in [0.15, 0.2) is 5.82 Å². The molecule has 3 heterocycles. The van der Waals surface area contributed by atoms with Crippen LogP contribution < -0.4 is 5.32 Å². The summed E-state index contributed by atoms with van der Waals surface area (Å²) in [6.45, 7) is 1.53. The van der Waals surface area contributed by atoms with Gasteiger partial charge < -0.3 is 14.6 Å². The number of carbonyl (C=O) groups excluding carboxylic acids is 2. The van der Waals surface area contributed by atoms with Gasteiger partial charge in [-0.15, -0.1) is 0 Å². The molecule has 0 saturated carbocycles. The number of rotatable bonds is 5. The molecule has 1 amide bonds. The molecule has 0 radical (unpaired) electrons. The Hall–Kier alpha value is -3.62. The third-order valence-corrected chi connectivity index (χ3v) is 4.72. The van der Waals surface area contributed by atoms with Gasteiger partial charge in [0.2, 0.25) is 5.91 Å². The summed E-state index contributed by atoms with van der Waals surface area (Å²) in [5.41, 5.74) is 2.73. The fraction of sp³-hybridized carbons (Fsp3) is 0.250. The van der Waals surface area contributed by atoms with Crippen LogP contribution in [0, 0.1) is 5.82 Å². The number of fused-ring (bicyclic) bond motifs is 2. The van der Waals surface area contributed by atoms with E-state index in [-0.39, 0.29) is 12.5 Å². The first kappa shape index (κ1) is 18.7. The van der Waals surface area contributed by atoms with Gasteiger partial charge in [0.05, 0.1) is 19.0 Å². The highest BCUT2D eigenvalue weighted by Crippen LogP contribution is 2.30. The largest absolute Gasteiger partial charge is 0.467 e. The summed E-state index contributed by atoms with van der Waals surface area (Å²) in [5.74, 6) is -0.852. The molecule has 0 fully saturated rings. The van der Waals surface area contributed by atoms with Crippen molar-refractivity contribution < 1.29 is 18.7 Å². The van der Waals surface area contributed by atoms with Crippen molar-refractivity contribution in [1.29, 1.82) is 0 Å². The fourth-order valence-corrected chi connectivity index (χ4v) is 3.29. The van der Waals surface area contributed by atoms with Gasteiger partial charge in [-0.1, -0.05) is 6.08 Å². The highest BCUT2D eigenvalue weighted by atomic mass is 19.1. The number of hydrogen-bond donors (Lipinski definition) is 1. The van der Waals surface area contributed by atoms with Gasteiger partial charge in [0.1, 0.15) is 24.1 Å². The third kappa shape index (κ3) is 3.58. The number of aromatic nitrogens is 4. The Morgan fingerprint density at radius 2 is 2.17 bits per heavy atom. The first-order chi connectivity index (χ1) is 14.0. The first-order valence-electron chi connectivity index (χ1n) is 9.00. The summed E-state index contributed by atoms with van der Waals surface area (Å²) in [5, 5.41) is 3.35. The Balaban J connectivity index is 1.61. The normalized spacial score (nSPS) is 13.7. The van der Waals surface area contributed by atoms with Crippen molar-refractivity contribution in [2.75, 3.05) is 7.11 Å². The van der Waals surface area contributed by atoms with Crippen LogP contribution in [0.5, 0.6) is 0 Å². The summed E-state index contributed by atoms with van der Waals surface area (Å²) in [6, 6.07) is 2.48. The summed E-state index contributed by atoms with van der Waals surface area (Å²) in [4.78, 5) is 36.9. The van der Waals surface area contributed by atoms with E-state index in [1.807, 2.05) is 6.08 Å². The Labute approximate surface area is 165 Å². The molecule has 29 heavy (non-hydrogen) atoms. The van der Waals surface area contributed by atoms with Gasteiger partial charge >= 0.3 is 5.97 Å². The van der Waals surface area contributed by atoms with Crippen molar-refractivity contribution in [2.45, 2.75) is 25.9 Å². The SMILES string of the molecule is COC(=O)[C@H](C)NC(=O)Cn1ccc2cnc(C3=CCc4ncc(F)cc43)nc21. The Morgan fingerprint density at radius 1 is 1.34 bits per heavy atom. The van der Waals surface area contributed by atoms with Gasteiger partial charge in [0.25, 0.3) is 0 Å². The molecule has 9 heteroatoms. The van der Waals surface area contributed by atoms with Crippen molar-refractivity contribution in [3.63, 3.8) is 0 Å². The molecule has 1 aliphatic carbocycles. The zero-order valence-electron chi connectivity index (χ0n) is 15.8. The van der Waals surface area contributed by atoms with Crippen LogP contribution in [0.15, 0.2) is 36.8 Å². The minimum absolute atomic E-state index is 0.0207. The molecule has 4 rings (SSSR count). The van der Waals surface area contributed by atoms with Crippen molar-refractivity contribution in [1.82, 2.24) is 24.8 Å². The number of ether oxygens (including phenoxy) is 1. The van der Waals surface area contributed by atoms with E-state index in [1.165, 1.54) is 19.4 Å². The molecule has 0 spiro atoms. The standard InChI is InChI=1S/C20H18FN5O3/c1-11(20(28)29-2)24-17(27)10-26-6-5-12-8-23-18(25-19(12)26)14-3-4-16-15(14)7-13(21)9-22-16/h3,5-9,11H,4,10H2,1-2H3,(H,24,27)/t11-/m0/s1. The van der Waals surface area contributed by atoms with E-state index in [2.05, 4.69) is 25.0 Å². The Kier molecular flexibility index (Phi) is 4.79. The predicted octanol–water partition coefficient (Wildman–Crippen LogP) is 1.63. The van der Waals surface area contributed by atoms with Crippen molar-refractivity contribution in [2.24, 2.45) is 0 Å². The zero-order valence-corrected chi connectivity index (χ0v) is 15.8. The molecular weight excluding hydrogens is 377 g/mol. The topological polar surface area (TPSA) is 99.0 Å². The van der Waals surface area contributed by atoms with Crippen LogP contribution in [0.3, 0.4) is 0 Å². The second-order valence-corrected chi connectivity index (χ2v) is 6.70. The molecule has 1 aliphatic rings. The molecule has 1 atom stereocenters. The molecule has 3 aromatic heterocycles. The van der Waals surface area contributed by atoms with E-state index in [9.17, 15) is 14.0 Å². The van der Waals surface area contributed by atoms with Crippen molar-refractivity contribution in [3.8, 4) is 0 Å². The molecule has 0 aromatic carbocycles. The number of esters is 1. The Morgan fingerprint density at radius 3 is 2.97 bits per heavy atom. The molecule has 148 valence electrons. The van der Waals surface area contributed by atoms with Crippen LogP contribution in [-0.4, -0.2) is 44.5 Å². The molecule has 0 saturated heterocycles. The maximum atomic E-state index is 13.6. The van der Waals surface area contributed by atoms with Gasteiger partial charge in [0, 0.05) is 35.3 Å². The second-order valence-electron chi connectivity index (χ2n) is 6.70. The molecule has 0 aliphatic heterocycles. The summed E-state index contributed by atoms with van der Waals surface area (Å²) >= 11 is 0. The highest BCUT2D eigenvalue weighted by molar-refractivity contribution is 5.86. The number of allylic oxidation sites excluding steroid dienone is 1. The van der Waals surface area contributed by atoms with Gasteiger partial charge in [-0.3, -0.25) is 9.78 Å². The van der Waals surface area contributed by atoms with Crippen LogP contribution in [0.2, 0.25) is 0 Å². The maximum absolute atomic E-state index is 13.6. The average Bonchev–Trinajstić information content (AvgIpc) is 3.30. The highest BCUT2D eigenvalue weighted by Gasteiger charge is 2.21. The second kappa shape index (κ2) is 7.42. The average molecular weight is 395 g/mol. The zero-order chi connectivity index (χ0) is 20.5. The molecule has 0 unspecified atom stereocenters. The lowest BCUT2D eigenvalue weighted by atomic mass is 10.1. The summed E-state index contributed by atoms with van der Waals surface area (Å²) in [7, 11) is 1.26. The van der Waals surface area contributed by atoms with Crippen LogP contribution in [0.4, 0.5) is 4.39 Å². The van der Waals surface area contributed by atoms with E-state index in [1.54, 1.807) is 30.0 Å². The van der Waals surface area contributed by atoms with E-state index in [4.69, 9.17) is 0 Å². The molecular formula is C20H18FN5O3. The number of pyridine rings is 1. The van der Waals surface area contributed by atoms with Crippen molar-refractivity contribution in [3.05, 3.63) is 59.7 Å². The van der Waals surface area contributed by atoms with E-state index >= 15 is 0 Å². The van der Waals surface area contributed by atoms with Gasteiger partial charge in [-0.05, 0) is 19.1 Å². The monoisotopic (exact) mass is 395 g/mol. The Bertz CT molecular complexity index is 1150. The minimum atomic E-state index is -0.748. The van der Waals surface area contributed by atoms with Gasteiger partial charge in [-0.25, -0.2) is 19.2 Å². The van der Waals surface area contributed by atoms with Crippen LogP contribution in [0.25, 0.3) is 16.6 Å². The third-order valence-electron chi connectivity index (χ3n) is 4.72.